The molecule has 10 aromatic rings. The van der Waals surface area contributed by atoms with Gasteiger partial charge in [0, 0.05) is 78.5 Å². The quantitative estimate of drug-likeness (QED) is 0.121. The second-order valence-electron chi connectivity index (χ2n) is 19.0. The molecule has 1 aliphatic rings. The summed E-state index contributed by atoms with van der Waals surface area (Å²) in [5.74, 6) is 3.38. The van der Waals surface area contributed by atoms with Crippen LogP contribution < -0.4 is 19.3 Å². The normalized spacial score (nSPS) is 14.4. The number of rotatable bonds is 11. The van der Waals surface area contributed by atoms with Gasteiger partial charge in [0.05, 0.1) is 13.7 Å². The van der Waals surface area contributed by atoms with Crippen LogP contribution in [0.3, 0.4) is 0 Å². The first-order valence-corrected chi connectivity index (χ1v) is 23.4. The zero-order chi connectivity index (χ0) is 56.8. The third-order valence-electron chi connectivity index (χ3n) is 12.7. The topological polar surface area (TPSA) is 42.8 Å². The van der Waals surface area contributed by atoms with Crippen LogP contribution >= 0.6 is 0 Å². The van der Waals surface area contributed by atoms with Crippen LogP contribution in [0.4, 0.5) is 22.7 Å². The fourth-order valence-electron chi connectivity index (χ4n) is 9.20. The Kier molecular flexibility index (Phi) is 9.99. The Morgan fingerprint density at radius 1 is 0.606 bits per heavy atom. The number of fused-ring (bicyclic) bond motifs is 4. The van der Waals surface area contributed by atoms with E-state index in [1.165, 1.54) is 5.56 Å². The van der Waals surface area contributed by atoms with Crippen molar-refractivity contribution in [2.24, 2.45) is 0 Å². The second-order valence-corrected chi connectivity index (χ2v) is 19.0. The van der Waals surface area contributed by atoms with E-state index in [2.05, 4.69) is 102 Å². The largest absolute Gasteiger partial charge is 0.509 e. The average molecular weight is 1120 g/mol. The third-order valence-corrected chi connectivity index (χ3v) is 12.7. The van der Waals surface area contributed by atoms with Crippen LogP contribution in [0.5, 0.6) is 23.0 Å². The molecule has 0 spiro atoms. The van der Waals surface area contributed by atoms with Crippen LogP contribution in [0.1, 0.15) is 90.7 Å². The summed E-state index contributed by atoms with van der Waals surface area (Å²) < 4.78 is 103. The van der Waals surface area contributed by atoms with Gasteiger partial charge in [-0.15, -0.1) is 48.1 Å². The molecule has 0 atom stereocenters. The zero-order valence-electron chi connectivity index (χ0n) is 50.3. The van der Waals surface area contributed by atoms with Crippen LogP contribution in [-0.2, 0) is 26.5 Å². The van der Waals surface area contributed by atoms with Crippen LogP contribution in [0.2, 0.25) is 0 Å². The van der Waals surface area contributed by atoms with Crippen LogP contribution in [-0.4, -0.2) is 9.55 Å². The molecule has 1 aliphatic heterocycles. The number of benzene rings is 8. The molecule has 71 heavy (non-hydrogen) atoms. The first-order valence-electron chi connectivity index (χ1n) is 28.4. The summed E-state index contributed by atoms with van der Waals surface area (Å²) in [5, 5.41) is 1.98. The predicted octanol–water partition coefficient (Wildman–Crippen LogP) is 17.6. The van der Waals surface area contributed by atoms with Crippen molar-refractivity contribution in [2.45, 2.75) is 65.7 Å². The van der Waals surface area contributed by atoms with Crippen LogP contribution in [0.15, 0.2) is 188 Å². The van der Waals surface area contributed by atoms with Crippen molar-refractivity contribution in [1.29, 1.82) is 0 Å². The monoisotopic (exact) mass is 1120 g/mol. The number of ether oxygens (including phenoxy) is 2. The van der Waals surface area contributed by atoms with Gasteiger partial charge in [-0.25, -0.2) is 4.98 Å². The molecule has 3 heterocycles. The average Bonchev–Trinajstić information content (AvgIpc) is 4.17. The number of hydrogen-bond donors (Lipinski definition) is 0. The van der Waals surface area contributed by atoms with E-state index in [-0.39, 0.29) is 66.3 Å². The van der Waals surface area contributed by atoms with Gasteiger partial charge < -0.3 is 23.8 Å². The van der Waals surface area contributed by atoms with E-state index in [0.29, 0.717) is 40.1 Å². The molecule has 8 aromatic carbocycles. The second kappa shape index (κ2) is 19.4. The zero-order valence-corrected chi connectivity index (χ0v) is 42.6. The first-order chi connectivity index (χ1) is 38.1. The van der Waals surface area contributed by atoms with Gasteiger partial charge in [-0.2, -0.15) is 12.1 Å². The molecule has 0 amide bonds. The molecule has 6 nitrogen and oxygen atoms in total. The van der Waals surface area contributed by atoms with E-state index in [1.807, 2.05) is 65.6 Å². The van der Waals surface area contributed by atoms with E-state index in [9.17, 15) is 0 Å². The van der Waals surface area contributed by atoms with E-state index in [4.69, 9.17) is 28.2 Å². The molecule has 0 unspecified atom stereocenters. The van der Waals surface area contributed by atoms with Gasteiger partial charge in [-0.1, -0.05) is 175 Å². The Labute approximate surface area is 446 Å². The van der Waals surface area contributed by atoms with Gasteiger partial charge in [0.1, 0.15) is 17.3 Å². The standard InChI is InChI=1S/C64H55N4O2.Pt/c1-42(2)51-25-17-26-52(43(3)4)63(51)70-50-35-36-65-61(40-50)68-57-34-31-46(64(5,6)7)37-56(57)55-33-32-49(39-60(55)68)69-48-24-16-23-47(38-48)66-41-67(59-30-15-14-29-58(59)66)62-53(44-19-10-8-11-20-44)27-18-28-54(62)45-21-12-9-13-22-45;/h8-37,40-43H,1-7H3;/q-3;/i8D,9D,10D,11D,12D,13D,19D,20D,21D,22D;. The minimum Gasteiger partial charge on any atom is -0.509 e. The summed E-state index contributed by atoms with van der Waals surface area (Å²) >= 11 is 0. The molecule has 0 saturated carbocycles. The smallest absolute Gasteiger partial charge is 0.139 e. The molecule has 2 aromatic heterocycles. The number of hydrogen-bond acceptors (Lipinski definition) is 5. The van der Waals surface area contributed by atoms with E-state index in [1.54, 1.807) is 42.0 Å². The Morgan fingerprint density at radius 2 is 1.23 bits per heavy atom. The van der Waals surface area contributed by atoms with Crippen LogP contribution in [0, 0.1) is 18.8 Å². The van der Waals surface area contributed by atoms with Gasteiger partial charge in [0.15, 0.2) is 0 Å². The Balaban J connectivity index is 0.00000736. The number of nitrogens with zero attached hydrogens (tertiary/aromatic N) is 4. The maximum absolute atomic E-state index is 9.07. The SMILES string of the molecule is [2H]c1c([2H])c([2H])c(-c2cccc(-c3c([2H])c([2H])c([2H])c([2H])c3[2H])c2N2[CH-]N(c3[c-]c(Oc4[c-]c5c(cc4)c4cc(C(C)(C)C)ccc4n5-c4cc(Oc5c(C(C)C)cccc5C(C)C)ccn4)ccc3)c3ccccc32)c([2H])c1[2H].[Pt]. The summed E-state index contributed by atoms with van der Waals surface area (Å²) in [7, 11) is 0. The van der Waals surface area contributed by atoms with Gasteiger partial charge in [-0.05, 0) is 74.7 Å². The summed E-state index contributed by atoms with van der Waals surface area (Å²) in [4.78, 5) is 8.53. The minimum absolute atomic E-state index is 0. The van der Waals surface area contributed by atoms with Crippen molar-refractivity contribution in [3.05, 3.63) is 223 Å². The van der Waals surface area contributed by atoms with E-state index < -0.39 is 60.4 Å². The van der Waals surface area contributed by atoms with Crippen molar-refractivity contribution in [3.8, 4) is 51.1 Å². The maximum atomic E-state index is 9.07. The molecule has 7 heteroatoms. The predicted molar refractivity (Wildman–Crippen MR) is 288 cm³/mol. The molecule has 0 fully saturated rings. The Morgan fingerprint density at radius 3 is 1.87 bits per heavy atom. The van der Waals surface area contributed by atoms with Crippen LogP contribution in [0.25, 0.3) is 49.9 Å². The van der Waals surface area contributed by atoms with Crippen molar-refractivity contribution in [2.75, 3.05) is 9.80 Å². The Bertz CT molecular complexity index is 3990. The molecule has 0 aliphatic carbocycles. The van der Waals surface area contributed by atoms with Crippen molar-refractivity contribution < 1.29 is 44.2 Å². The third kappa shape index (κ3) is 9.02. The van der Waals surface area contributed by atoms with Crippen molar-refractivity contribution in [3.63, 3.8) is 0 Å². The molecule has 0 bridgehead atoms. The van der Waals surface area contributed by atoms with E-state index in [0.717, 1.165) is 38.7 Å². The van der Waals surface area contributed by atoms with Gasteiger partial charge in [-0.3, -0.25) is 0 Å². The van der Waals surface area contributed by atoms with Gasteiger partial charge >= 0.3 is 0 Å². The number of para-hydroxylation sites is 4. The van der Waals surface area contributed by atoms with Crippen molar-refractivity contribution in [1.82, 2.24) is 9.55 Å². The Hall–Kier alpha value is -7.40. The molecular weight excluding hydrogens is 1050 g/mol. The molecule has 0 saturated heterocycles. The first kappa shape index (κ1) is 36.5. The summed E-state index contributed by atoms with van der Waals surface area (Å²) in [6.45, 7) is 17.0. The van der Waals surface area contributed by atoms with E-state index >= 15 is 0 Å². The number of aromatic nitrogens is 2. The molecule has 0 radical (unpaired) electrons. The van der Waals surface area contributed by atoms with Gasteiger partial charge in [0.25, 0.3) is 0 Å². The summed E-state index contributed by atoms with van der Waals surface area (Å²) in [5.41, 5.74) is 7.04. The number of anilines is 4. The molecular formula is C64H55N4O2Pt-3. The fraction of sp³-hybridized carbons (Fsp3) is 0.156. The fourth-order valence-corrected chi connectivity index (χ4v) is 9.20. The van der Waals surface area contributed by atoms with Crippen molar-refractivity contribution >= 4 is 44.6 Å². The van der Waals surface area contributed by atoms with Gasteiger partial charge in [0.2, 0.25) is 0 Å². The molecule has 0 N–H and O–H groups in total. The number of pyridine rings is 1. The summed E-state index contributed by atoms with van der Waals surface area (Å²) in [6.07, 6.45) is 1.76. The molecule has 356 valence electrons. The summed E-state index contributed by atoms with van der Waals surface area (Å²) in [6, 6.07) is 40.1. The minimum atomic E-state index is -0.569. The maximum Gasteiger partial charge on any atom is 0.139 e. The molecule has 11 rings (SSSR count).